The van der Waals surface area contributed by atoms with Crippen LogP contribution in [0.25, 0.3) is 0 Å². The van der Waals surface area contributed by atoms with Crippen molar-refractivity contribution in [2.45, 2.75) is 20.3 Å². The van der Waals surface area contributed by atoms with Crippen LogP contribution >= 0.6 is 0 Å². The van der Waals surface area contributed by atoms with Crippen molar-refractivity contribution < 1.29 is 23.8 Å². The van der Waals surface area contributed by atoms with Crippen molar-refractivity contribution in [3.05, 3.63) is 23.7 Å². The normalized spacial score (nSPS) is 10.7. The van der Waals surface area contributed by atoms with Crippen molar-refractivity contribution in [1.82, 2.24) is 5.32 Å². The van der Waals surface area contributed by atoms with E-state index in [-0.39, 0.29) is 11.3 Å². The second-order valence-corrected chi connectivity index (χ2v) is 4.56. The molecular formula is C13H19NO5. The number of carboxylic acids is 1. The summed E-state index contributed by atoms with van der Waals surface area (Å²) in [5, 5.41) is 11.3. The smallest absolute Gasteiger partial charge is 0.338 e. The molecule has 0 aliphatic rings. The number of amides is 1. The van der Waals surface area contributed by atoms with Crippen molar-refractivity contribution in [1.29, 1.82) is 0 Å². The lowest BCUT2D eigenvalue weighted by molar-refractivity contribution is 0.0696. The molecule has 1 rings (SSSR count). The zero-order valence-corrected chi connectivity index (χ0v) is 11.1. The van der Waals surface area contributed by atoms with Crippen LogP contribution in [-0.4, -0.2) is 36.7 Å². The third-order valence-corrected chi connectivity index (χ3v) is 2.44. The highest BCUT2D eigenvalue weighted by Gasteiger charge is 2.13. The lowest BCUT2D eigenvalue weighted by Gasteiger charge is -2.06. The highest BCUT2D eigenvalue weighted by atomic mass is 16.5. The van der Waals surface area contributed by atoms with Gasteiger partial charge in [-0.1, -0.05) is 13.8 Å². The van der Waals surface area contributed by atoms with Crippen molar-refractivity contribution in [3.8, 4) is 0 Å². The lowest BCUT2D eigenvalue weighted by Crippen LogP contribution is -2.27. The SMILES string of the molecule is CC(C)CCOCCNC(=O)c1cc(C(=O)O)co1. The zero-order valence-electron chi connectivity index (χ0n) is 11.1. The maximum atomic E-state index is 11.6. The molecule has 0 spiro atoms. The van der Waals surface area contributed by atoms with E-state index in [2.05, 4.69) is 19.2 Å². The van der Waals surface area contributed by atoms with Crippen LogP contribution in [0.5, 0.6) is 0 Å². The number of ether oxygens (including phenoxy) is 1. The van der Waals surface area contributed by atoms with Gasteiger partial charge >= 0.3 is 5.97 Å². The minimum absolute atomic E-state index is 0.0143. The first-order valence-corrected chi connectivity index (χ1v) is 6.18. The summed E-state index contributed by atoms with van der Waals surface area (Å²) in [4.78, 5) is 22.2. The Bertz CT molecular complexity index is 424. The fourth-order valence-electron chi connectivity index (χ4n) is 1.31. The van der Waals surface area contributed by atoms with Gasteiger partial charge in [-0.05, 0) is 12.3 Å². The molecule has 0 aliphatic heterocycles. The van der Waals surface area contributed by atoms with E-state index in [0.29, 0.717) is 25.7 Å². The standard InChI is InChI=1S/C13H19NO5/c1-9(2)3-5-18-6-4-14-12(15)11-7-10(8-19-11)13(16)17/h7-9H,3-6H2,1-2H3,(H,14,15)(H,16,17). The Labute approximate surface area is 111 Å². The number of hydrogen-bond acceptors (Lipinski definition) is 4. The molecule has 0 aromatic carbocycles. The molecule has 2 N–H and O–H groups in total. The van der Waals surface area contributed by atoms with Crippen molar-refractivity contribution in [2.24, 2.45) is 5.92 Å². The second-order valence-electron chi connectivity index (χ2n) is 4.56. The van der Waals surface area contributed by atoms with Crippen LogP contribution in [0.3, 0.4) is 0 Å². The van der Waals surface area contributed by atoms with Gasteiger partial charge in [-0.2, -0.15) is 0 Å². The Morgan fingerprint density at radius 1 is 1.42 bits per heavy atom. The Morgan fingerprint density at radius 3 is 2.74 bits per heavy atom. The average Bonchev–Trinajstić information content (AvgIpc) is 2.82. The molecule has 0 radical (unpaired) electrons. The third kappa shape index (κ3) is 5.56. The van der Waals surface area contributed by atoms with Gasteiger partial charge in [0.2, 0.25) is 0 Å². The number of aromatic carboxylic acids is 1. The third-order valence-electron chi connectivity index (χ3n) is 2.44. The Kier molecular flexibility index (Phi) is 6.08. The molecule has 0 saturated heterocycles. The van der Waals surface area contributed by atoms with Crippen molar-refractivity contribution in [3.63, 3.8) is 0 Å². The molecule has 0 bridgehead atoms. The Hall–Kier alpha value is -1.82. The largest absolute Gasteiger partial charge is 0.478 e. The summed E-state index contributed by atoms with van der Waals surface area (Å²) >= 11 is 0. The molecular weight excluding hydrogens is 250 g/mol. The summed E-state index contributed by atoms with van der Waals surface area (Å²) in [6, 6.07) is 1.19. The molecule has 0 unspecified atom stereocenters. The van der Waals surface area contributed by atoms with Gasteiger partial charge in [0.05, 0.1) is 12.2 Å². The molecule has 1 aromatic heterocycles. The number of carbonyl (C=O) groups excluding carboxylic acids is 1. The quantitative estimate of drug-likeness (QED) is 0.702. The summed E-state index contributed by atoms with van der Waals surface area (Å²) in [5.41, 5.74) is -0.0432. The maximum absolute atomic E-state index is 11.6. The van der Waals surface area contributed by atoms with E-state index >= 15 is 0 Å². The van der Waals surface area contributed by atoms with E-state index in [0.717, 1.165) is 12.7 Å². The van der Waals surface area contributed by atoms with Crippen LogP contribution < -0.4 is 5.32 Å². The summed E-state index contributed by atoms with van der Waals surface area (Å²) in [6.45, 7) is 5.67. The molecule has 0 aliphatic carbocycles. The second kappa shape index (κ2) is 7.58. The molecule has 6 nitrogen and oxygen atoms in total. The van der Waals surface area contributed by atoms with E-state index in [4.69, 9.17) is 14.3 Å². The number of carbonyl (C=O) groups is 2. The van der Waals surface area contributed by atoms with E-state index in [1.165, 1.54) is 6.07 Å². The van der Waals surface area contributed by atoms with Gasteiger partial charge in [0.15, 0.2) is 5.76 Å². The zero-order chi connectivity index (χ0) is 14.3. The molecule has 1 aromatic rings. The maximum Gasteiger partial charge on any atom is 0.338 e. The highest BCUT2D eigenvalue weighted by Crippen LogP contribution is 2.07. The molecule has 6 heteroatoms. The summed E-state index contributed by atoms with van der Waals surface area (Å²) in [7, 11) is 0. The number of nitrogens with one attached hydrogen (secondary N) is 1. The van der Waals surface area contributed by atoms with Gasteiger partial charge in [0.1, 0.15) is 6.26 Å². The minimum Gasteiger partial charge on any atom is -0.478 e. The fraction of sp³-hybridized carbons (Fsp3) is 0.538. The van der Waals surface area contributed by atoms with E-state index in [1.54, 1.807) is 0 Å². The van der Waals surface area contributed by atoms with E-state index in [1.807, 2.05) is 0 Å². The first-order chi connectivity index (χ1) is 9.00. The molecule has 106 valence electrons. The number of hydrogen-bond donors (Lipinski definition) is 2. The van der Waals surface area contributed by atoms with Crippen LogP contribution in [0.4, 0.5) is 0 Å². The van der Waals surface area contributed by atoms with Crippen LogP contribution in [0.2, 0.25) is 0 Å². The fourth-order valence-corrected chi connectivity index (χ4v) is 1.31. The van der Waals surface area contributed by atoms with E-state index in [9.17, 15) is 9.59 Å². The molecule has 1 heterocycles. The number of carboxylic acid groups (broad SMARTS) is 1. The predicted octanol–water partition coefficient (Wildman–Crippen LogP) is 1.77. The molecule has 1 amide bonds. The predicted molar refractivity (Wildman–Crippen MR) is 68.3 cm³/mol. The Morgan fingerprint density at radius 2 is 2.16 bits per heavy atom. The molecule has 0 fully saturated rings. The topological polar surface area (TPSA) is 88.8 Å². The van der Waals surface area contributed by atoms with Gasteiger partial charge in [0.25, 0.3) is 5.91 Å². The van der Waals surface area contributed by atoms with Crippen LogP contribution in [-0.2, 0) is 4.74 Å². The summed E-state index contributed by atoms with van der Waals surface area (Å²) < 4.78 is 10.2. The van der Waals surface area contributed by atoms with Crippen LogP contribution in [0, 0.1) is 5.92 Å². The van der Waals surface area contributed by atoms with Gasteiger partial charge < -0.3 is 19.6 Å². The summed E-state index contributed by atoms with van der Waals surface area (Å²) in [5.74, 6) is -0.994. The first-order valence-electron chi connectivity index (χ1n) is 6.18. The van der Waals surface area contributed by atoms with Gasteiger partial charge in [-0.25, -0.2) is 4.79 Å². The molecule has 0 saturated carbocycles. The van der Waals surface area contributed by atoms with Crippen LogP contribution in [0.15, 0.2) is 16.7 Å². The first kappa shape index (κ1) is 15.2. The number of rotatable bonds is 8. The van der Waals surface area contributed by atoms with Gasteiger partial charge in [-0.15, -0.1) is 0 Å². The van der Waals surface area contributed by atoms with Gasteiger partial charge in [0, 0.05) is 19.2 Å². The Balaban J connectivity index is 2.22. The number of furan rings is 1. The molecule has 19 heavy (non-hydrogen) atoms. The monoisotopic (exact) mass is 269 g/mol. The highest BCUT2D eigenvalue weighted by molar-refractivity contribution is 5.95. The minimum atomic E-state index is -1.13. The van der Waals surface area contributed by atoms with Crippen LogP contribution in [0.1, 0.15) is 41.2 Å². The summed E-state index contributed by atoms with van der Waals surface area (Å²) in [6.07, 6.45) is 2.02. The van der Waals surface area contributed by atoms with Crippen molar-refractivity contribution >= 4 is 11.9 Å². The lowest BCUT2D eigenvalue weighted by atomic mass is 10.1. The van der Waals surface area contributed by atoms with Gasteiger partial charge in [-0.3, -0.25) is 4.79 Å². The average molecular weight is 269 g/mol. The molecule has 0 atom stereocenters. The van der Waals surface area contributed by atoms with E-state index < -0.39 is 11.9 Å². The van der Waals surface area contributed by atoms with Crippen molar-refractivity contribution in [2.75, 3.05) is 19.8 Å².